The third-order valence-corrected chi connectivity index (χ3v) is 3.98. The predicted octanol–water partition coefficient (Wildman–Crippen LogP) is 2.43. The molecule has 0 radical (unpaired) electrons. The van der Waals surface area contributed by atoms with Gasteiger partial charge in [-0.25, -0.2) is 9.78 Å². The summed E-state index contributed by atoms with van der Waals surface area (Å²) in [7, 11) is 0. The third kappa shape index (κ3) is 3.53. The lowest BCUT2D eigenvalue weighted by atomic mass is 9.98. The molecule has 0 fully saturated rings. The molecule has 1 unspecified atom stereocenters. The van der Waals surface area contributed by atoms with Crippen molar-refractivity contribution in [3.8, 4) is 0 Å². The van der Waals surface area contributed by atoms with E-state index in [-0.39, 0.29) is 11.5 Å². The number of carboxylic acids is 1. The van der Waals surface area contributed by atoms with Crippen molar-refractivity contribution in [1.29, 1.82) is 0 Å². The predicted molar refractivity (Wildman–Crippen MR) is 74.2 cm³/mol. The fourth-order valence-corrected chi connectivity index (χ4v) is 2.57. The van der Waals surface area contributed by atoms with Gasteiger partial charge in [0.15, 0.2) is 6.04 Å². The Labute approximate surface area is 117 Å². The zero-order chi connectivity index (χ0) is 14.8. The van der Waals surface area contributed by atoms with Crippen molar-refractivity contribution in [3.63, 3.8) is 0 Å². The highest BCUT2D eigenvalue weighted by Crippen LogP contribution is 2.30. The molecular formula is C13H20N2O3S. The second-order valence-electron chi connectivity index (χ2n) is 5.71. The van der Waals surface area contributed by atoms with Gasteiger partial charge in [-0.15, -0.1) is 11.3 Å². The first-order valence-corrected chi connectivity index (χ1v) is 6.98. The van der Waals surface area contributed by atoms with E-state index in [2.05, 4.69) is 4.98 Å². The maximum Gasteiger partial charge on any atom is 0.332 e. The zero-order valence-corrected chi connectivity index (χ0v) is 12.7. The topological polar surface area (TPSA) is 70.5 Å². The Kier molecular flexibility index (Phi) is 4.68. The fourth-order valence-electron chi connectivity index (χ4n) is 1.64. The average Bonchev–Trinajstić information content (AvgIpc) is 2.72. The first-order chi connectivity index (χ1) is 8.68. The largest absolute Gasteiger partial charge is 0.479 e. The number of hydrogen-bond acceptors (Lipinski definition) is 4. The lowest BCUT2D eigenvalue weighted by Gasteiger charge is -2.27. The van der Waals surface area contributed by atoms with Gasteiger partial charge in [-0.3, -0.25) is 4.79 Å². The Hall–Kier alpha value is -1.43. The van der Waals surface area contributed by atoms with Gasteiger partial charge >= 0.3 is 5.97 Å². The van der Waals surface area contributed by atoms with Crippen molar-refractivity contribution in [3.05, 3.63) is 16.1 Å². The summed E-state index contributed by atoms with van der Waals surface area (Å²) in [5.41, 5.74) is 0.290. The van der Waals surface area contributed by atoms with Crippen molar-refractivity contribution >= 4 is 23.7 Å². The van der Waals surface area contributed by atoms with Gasteiger partial charge in [-0.1, -0.05) is 20.8 Å². The SMILES string of the molecule is CC(C)N(C=O)C(C(=O)O)c1csc(C(C)(C)C)n1. The Bertz CT molecular complexity index is 463. The number of aromatic nitrogens is 1. The van der Waals surface area contributed by atoms with Crippen LogP contribution in [0.5, 0.6) is 0 Å². The monoisotopic (exact) mass is 284 g/mol. The van der Waals surface area contributed by atoms with Crippen molar-refractivity contribution in [1.82, 2.24) is 9.88 Å². The van der Waals surface area contributed by atoms with Gasteiger partial charge in [0.1, 0.15) is 0 Å². The van der Waals surface area contributed by atoms with Gasteiger partial charge in [-0.05, 0) is 13.8 Å². The summed E-state index contributed by atoms with van der Waals surface area (Å²) in [6, 6.07) is -1.22. The minimum atomic E-state index is -1.06. The van der Waals surface area contributed by atoms with Crippen LogP contribution in [0.4, 0.5) is 0 Å². The van der Waals surface area contributed by atoms with Crippen LogP contribution in [-0.2, 0) is 15.0 Å². The zero-order valence-electron chi connectivity index (χ0n) is 11.9. The normalized spacial score (nSPS) is 13.4. The number of thiazole rings is 1. The molecule has 1 amide bonds. The number of carboxylic acid groups (broad SMARTS) is 1. The van der Waals surface area contributed by atoms with E-state index in [9.17, 15) is 14.7 Å². The Balaban J connectivity index is 3.17. The highest BCUT2D eigenvalue weighted by molar-refractivity contribution is 7.09. The van der Waals surface area contributed by atoms with Crippen LogP contribution in [0, 0.1) is 0 Å². The van der Waals surface area contributed by atoms with Crippen LogP contribution in [0.25, 0.3) is 0 Å². The molecule has 1 aromatic heterocycles. The maximum atomic E-state index is 11.4. The number of aliphatic carboxylic acids is 1. The van der Waals surface area contributed by atoms with Crippen molar-refractivity contribution < 1.29 is 14.7 Å². The van der Waals surface area contributed by atoms with E-state index >= 15 is 0 Å². The summed E-state index contributed by atoms with van der Waals surface area (Å²) in [5.74, 6) is -1.06. The maximum absolute atomic E-state index is 11.4. The summed E-state index contributed by atoms with van der Waals surface area (Å²) < 4.78 is 0. The second-order valence-corrected chi connectivity index (χ2v) is 6.57. The van der Waals surface area contributed by atoms with Gasteiger partial charge in [0.25, 0.3) is 0 Å². The quantitative estimate of drug-likeness (QED) is 0.843. The third-order valence-electron chi connectivity index (χ3n) is 2.69. The molecule has 0 aliphatic rings. The smallest absolute Gasteiger partial charge is 0.332 e. The van der Waals surface area contributed by atoms with E-state index in [1.165, 1.54) is 16.2 Å². The first kappa shape index (κ1) is 15.6. The fraction of sp³-hybridized carbons (Fsp3) is 0.615. The van der Waals surface area contributed by atoms with Crippen LogP contribution in [0.1, 0.15) is 51.4 Å². The lowest BCUT2D eigenvalue weighted by molar-refractivity contribution is -0.148. The summed E-state index contributed by atoms with van der Waals surface area (Å²) in [4.78, 5) is 28.2. The number of carbonyl (C=O) groups is 2. The standard InChI is InChI=1S/C13H20N2O3S/c1-8(2)15(7-16)10(11(17)18)9-6-19-12(14-9)13(3,4)5/h6-8,10H,1-5H3,(H,17,18). The van der Waals surface area contributed by atoms with Gasteiger partial charge < -0.3 is 10.0 Å². The van der Waals surface area contributed by atoms with E-state index in [0.29, 0.717) is 12.1 Å². The van der Waals surface area contributed by atoms with Crippen LogP contribution in [0.3, 0.4) is 0 Å². The highest BCUT2D eigenvalue weighted by Gasteiger charge is 2.31. The van der Waals surface area contributed by atoms with E-state index in [0.717, 1.165) is 5.01 Å². The molecule has 106 valence electrons. The number of hydrogen-bond donors (Lipinski definition) is 1. The Morgan fingerprint density at radius 1 is 1.47 bits per heavy atom. The summed E-state index contributed by atoms with van der Waals surface area (Å²) >= 11 is 1.42. The van der Waals surface area contributed by atoms with Crippen LogP contribution in [0.15, 0.2) is 5.38 Å². The molecule has 1 atom stereocenters. The minimum Gasteiger partial charge on any atom is -0.479 e. The molecule has 1 rings (SSSR count). The summed E-state index contributed by atoms with van der Waals surface area (Å²) in [6.07, 6.45) is 0.569. The van der Waals surface area contributed by atoms with Crippen LogP contribution in [0.2, 0.25) is 0 Å². The molecule has 1 aromatic rings. The lowest BCUT2D eigenvalue weighted by Crippen LogP contribution is -2.38. The molecule has 19 heavy (non-hydrogen) atoms. The Morgan fingerprint density at radius 3 is 2.37 bits per heavy atom. The van der Waals surface area contributed by atoms with E-state index in [4.69, 9.17) is 0 Å². The summed E-state index contributed by atoms with van der Waals surface area (Å²) in [5, 5.41) is 11.9. The molecule has 0 saturated carbocycles. The van der Waals surface area contributed by atoms with Gasteiger partial charge in [-0.2, -0.15) is 0 Å². The molecule has 0 spiro atoms. The molecular weight excluding hydrogens is 264 g/mol. The Morgan fingerprint density at radius 2 is 2.05 bits per heavy atom. The molecule has 5 nitrogen and oxygen atoms in total. The second kappa shape index (κ2) is 5.69. The van der Waals surface area contributed by atoms with E-state index in [1.54, 1.807) is 19.2 Å². The van der Waals surface area contributed by atoms with Gasteiger partial charge in [0, 0.05) is 16.8 Å². The summed E-state index contributed by atoms with van der Waals surface area (Å²) in [6.45, 7) is 9.62. The first-order valence-electron chi connectivity index (χ1n) is 6.10. The molecule has 0 aromatic carbocycles. The molecule has 6 heteroatoms. The number of carbonyl (C=O) groups excluding carboxylic acids is 1. The molecule has 0 aliphatic heterocycles. The molecule has 0 saturated heterocycles. The van der Waals surface area contributed by atoms with Crippen molar-refractivity contribution in [2.24, 2.45) is 0 Å². The molecule has 0 bridgehead atoms. The van der Waals surface area contributed by atoms with Crippen LogP contribution < -0.4 is 0 Å². The van der Waals surface area contributed by atoms with E-state index < -0.39 is 12.0 Å². The van der Waals surface area contributed by atoms with Crippen molar-refractivity contribution in [2.75, 3.05) is 0 Å². The average molecular weight is 284 g/mol. The number of rotatable bonds is 5. The van der Waals surface area contributed by atoms with Crippen molar-refractivity contribution in [2.45, 2.75) is 52.1 Å². The number of nitrogens with zero attached hydrogens (tertiary/aromatic N) is 2. The molecule has 1 heterocycles. The van der Waals surface area contributed by atoms with Gasteiger partial charge in [0.05, 0.1) is 10.7 Å². The minimum absolute atomic E-state index is 0.129. The number of amides is 1. The highest BCUT2D eigenvalue weighted by atomic mass is 32.1. The van der Waals surface area contributed by atoms with E-state index in [1.807, 2.05) is 20.8 Å². The van der Waals surface area contributed by atoms with Gasteiger partial charge in [0.2, 0.25) is 6.41 Å². The van der Waals surface area contributed by atoms with Crippen LogP contribution >= 0.6 is 11.3 Å². The molecule has 1 N–H and O–H groups in total. The molecule has 0 aliphatic carbocycles. The van der Waals surface area contributed by atoms with Crippen LogP contribution in [-0.4, -0.2) is 33.4 Å².